The highest BCUT2D eigenvalue weighted by atomic mass is 32.2. The molecule has 0 aliphatic heterocycles. The van der Waals surface area contributed by atoms with Crippen LogP contribution in [0.15, 0.2) is 52.9 Å². The Labute approximate surface area is 182 Å². The van der Waals surface area contributed by atoms with Crippen LogP contribution in [-0.4, -0.2) is 27.8 Å². The molecule has 0 atom stereocenters. The van der Waals surface area contributed by atoms with Crippen molar-refractivity contribution in [3.8, 4) is 0 Å². The zero-order valence-corrected chi connectivity index (χ0v) is 17.2. The average molecular weight is 470 g/mol. The molecule has 6 nitrogen and oxygen atoms in total. The zero-order valence-electron chi connectivity index (χ0n) is 15.6. The normalized spacial score (nSPS) is 11.2. The first-order valence-electron chi connectivity index (χ1n) is 8.67. The van der Waals surface area contributed by atoms with E-state index in [4.69, 9.17) is 0 Å². The van der Waals surface area contributed by atoms with Gasteiger partial charge in [-0.2, -0.15) is 13.2 Å². The predicted molar refractivity (Wildman–Crippen MR) is 108 cm³/mol. The number of hydrogen-bond acceptors (Lipinski definition) is 6. The van der Waals surface area contributed by atoms with Crippen molar-refractivity contribution in [2.75, 3.05) is 11.1 Å². The molecule has 0 aliphatic rings. The topological polar surface area (TPSA) is 84.0 Å². The summed E-state index contributed by atoms with van der Waals surface area (Å²) in [5.41, 5.74) is -0.352. The van der Waals surface area contributed by atoms with E-state index in [9.17, 15) is 27.2 Å². The fraction of sp³-hybridized carbons (Fsp3) is 0.158. The third-order valence-electron chi connectivity index (χ3n) is 3.81. The first-order chi connectivity index (χ1) is 14.7. The Morgan fingerprint density at radius 2 is 1.81 bits per heavy atom. The van der Waals surface area contributed by atoms with E-state index < -0.39 is 17.6 Å². The minimum Gasteiger partial charge on any atom is -0.351 e. The summed E-state index contributed by atoms with van der Waals surface area (Å²) in [5.74, 6) is -1.36. The highest BCUT2D eigenvalue weighted by molar-refractivity contribution is 8.01. The number of nitrogens with zero attached hydrogens (tertiary/aromatic N) is 2. The van der Waals surface area contributed by atoms with E-state index in [0.29, 0.717) is 4.34 Å². The van der Waals surface area contributed by atoms with Crippen LogP contribution >= 0.6 is 23.1 Å². The number of nitrogens with one attached hydrogen (secondary N) is 2. The van der Waals surface area contributed by atoms with Crippen molar-refractivity contribution in [3.05, 3.63) is 71.0 Å². The molecule has 31 heavy (non-hydrogen) atoms. The molecule has 2 aromatic carbocycles. The van der Waals surface area contributed by atoms with Crippen molar-refractivity contribution in [2.24, 2.45) is 0 Å². The van der Waals surface area contributed by atoms with Crippen molar-refractivity contribution in [2.45, 2.75) is 17.1 Å². The number of rotatable bonds is 7. The number of anilines is 1. The lowest BCUT2D eigenvalue weighted by molar-refractivity contribution is -0.137. The van der Waals surface area contributed by atoms with Gasteiger partial charge in [0.25, 0.3) is 5.91 Å². The Kier molecular flexibility index (Phi) is 7.23. The lowest BCUT2D eigenvalue weighted by Crippen LogP contribution is -2.24. The second-order valence-corrected chi connectivity index (χ2v) is 8.30. The Morgan fingerprint density at radius 1 is 1.06 bits per heavy atom. The molecule has 0 bridgehead atoms. The first kappa shape index (κ1) is 22.7. The van der Waals surface area contributed by atoms with Crippen molar-refractivity contribution < 1.29 is 27.2 Å². The zero-order chi connectivity index (χ0) is 22.4. The van der Waals surface area contributed by atoms with Gasteiger partial charge in [-0.05, 0) is 35.9 Å². The Morgan fingerprint density at radius 3 is 2.52 bits per heavy atom. The maximum Gasteiger partial charge on any atom is 0.416 e. The van der Waals surface area contributed by atoms with Gasteiger partial charge in [0.15, 0.2) is 4.34 Å². The number of benzene rings is 2. The molecule has 0 fully saturated rings. The number of amides is 2. The average Bonchev–Trinajstić information content (AvgIpc) is 3.18. The molecule has 0 aliphatic carbocycles. The van der Waals surface area contributed by atoms with Gasteiger partial charge in [0.1, 0.15) is 5.82 Å². The number of halogens is 4. The summed E-state index contributed by atoms with van der Waals surface area (Å²) in [6.45, 7) is 0.244. The molecule has 2 N–H and O–H groups in total. The summed E-state index contributed by atoms with van der Waals surface area (Å²) in [4.78, 5) is 24.1. The highest BCUT2D eigenvalue weighted by Gasteiger charge is 2.31. The summed E-state index contributed by atoms with van der Waals surface area (Å²) >= 11 is 2.08. The maximum atomic E-state index is 12.9. The molecule has 1 heterocycles. The van der Waals surface area contributed by atoms with Crippen LogP contribution in [0.25, 0.3) is 0 Å². The second-order valence-electron chi connectivity index (χ2n) is 6.10. The van der Waals surface area contributed by atoms with Gasteiger partial charge >= 0.3 is 6.18 Å². The number of hydrogen-bond donors (Lipinski definition) is 2. The summed E-state index contributed by atoms with van der Waals surface area (Å²) in [6.07, 6.45) is -4.56. The van der Waals surface area contributed by atoms with E-state index in [1.165, 1.54) is 18.2 Å². The van der Waals surface area contributed by atoms with Gasteiger partial charge in [-0.25, -0.2) is 4.39 Å². The van der Waals surface area contributed by atoms with E-state index in [-0.39, 0.29) is 34.7 Å². The lowest BCUT2D eigenvalue weighted by atomic mass is 10.1. The van der Waals surface area contributed by atoms with Crippen molar-refractivity contribution in [3.63, 3.8) is 0 Å². The molecule has 0 unspecified atom stereocenters. The molecule has 1 aromatic heterocycles. The standard InChI is InChI=1S/C19H14F4N4O2S2/c20-14-6-4-11(5-7-14)9-24-15(28)10-30-18-27-26-17(31-18)25-16(29)12-2-1-3-13(8-12)19(21,22)23/h1-8H,9-10H2,(H,24,28)(H,25,26,29). The van der Waals surface area contributed by atoms with Gasteiger partial charge in [0, 0.05) is 12.1 Å². The van der Waals surface area contributed by atoms with E-state index in [0.717, 1.165) is 46.9 Å². The van der Waals surface area contributed by atoms with Crippen molar-refractivity contribution in [1.29, 1.82) is 0 Å². The Hall–Kier alpha value is -2.99. The number of alkyl halides is 3. The van der Waals surface area contributed by atoms with Crippen LogP contribution in [0.3, 0.4) is 0 Å². The van der Waals surface area contributed by atoms with Crippen LogP contribution in [0.2, 0.25) is 0 Å². The SMILES string of the molecule is O=C(CSc1nnc(NC(=O)c2cccc(C(F)(F)F)c2)s1)NCc1ccc(F)cc1. The second kappa shape index (κ2) is 9.88. The van der Waals surface area contributed by atoms with Crippen molar-refractivity contribution in [1.82, 2.24) is 15.5 Å². The minimum absolute atomic E-state index is 0.0391. The van der Waals surface area contributed by atoms with E-state index >= 15 is 0 Å². The monoisotopic (exact) mass is 470 g/mol. The van der Waals surface area contributed by atoms with Crippen molar-refractivity contribution >= 4 is 40.0 Å². The molecule has 0 radical (unpaired) electrons. The van der Waals surface area contributed by atoms with E-state index in [1.807, 2.05) is 0 Å². The van der Waals surface area contributed by atoms with Crippen LogP contribution in [-0.2, 0) is 17.5 Å². The summed E-state index contributed by atoms with van der Waals surface area (Å²) in [7, 11) is 0. The molecular formula is C19H14F4N4O2S2. The van der Waals surface area contributed by atoms with Crippen LogP contribution in [0.5, 0.6) is 0 Å². The molecule has 0 saturated heterocycles. The minimum atomic E-state index is -4.56. The summed E-state index contributed by atoms with van der Waals surface area (Å²) < 4.78 is 51.6. The van der Waals surface area contributed by atoms with E-state index in [1.54, 1.807) is 12.1 Å². The fourth-order valence-electron chi connectivity index (χ4n) is 2.31. The van der Waals surface area contributed by atoms with Gasteiger partial charge in [-0.1, -0.05) is 41.3 Å². The summed E-state index contributed by atoms with van der Waals surface area (Å²) in [6, 6.07) is 9.74. The number of carbonyl (C=O) groups excluding carboxylic acids is 2. The fourth-order valence-corrected chi connectivity index (χ4v) is 3.88. The quantitative estimate of drug-likeness (QED) is 0.305. The lowest BCUT2D eigenvalue weighted by Gasteiger charge is -2.08. The highest BCUT2D eigenvalue weighted by Crippen LogP contribution is 2.30. The van der Waals surface area contributed by atoms with Gasteiger partial charge < -0.3 is 5.32 Å². The van der Waals surface area contributed by atoms with Gasteiger partial charge in [-0.3, -0.25) is 14.9 Å². The van der Waals surface area contributed by atoms with Crippen LogP contribution in [0.4, 0.5) is 22.7 Å². The van der Waals surface area contributed by atoms with Crippen LogP contribution in [0.1, 0.15) is 21.5 Å². The number of thioether (sulfide) groups is 1. The molecule has 2 amide bonds. The first-order valence-corrected chi connectivity index (χ1v) is 10.5. The van der Waals surface area contributed by atoms with Gasteiger partial charge in [-0.15, -0.1) is 10.2 Å². The largest absolute Gasteiger partial charge is 0.416 e. The van der Waals surface area contributed by atoms with Crippen LogP contribution in [0, 0.1) is 5.82 Å². The molecule has 0 spiro atoms. The van der Waals surface area contributed by atoms with Crippen LogP contribution < -0.4 is 10.6 Å². The molecule has 3 aromatic rings. The Balaban J connectivity index is 1.49. The smallest absolute Gasteiger partial charge is 0.351 e. The van der Waals surface area contributed by atoms with Gasteiger partial charge in [0.2, 0.25) is 11.0 Å². The van der Waals surface area contributed by atoms with E-state index in [2.05, 4.69) is 20.8 Å². The molecule has 3 rings (SSSR count). The molecule has 12 heteroatoms. The maximum absolute atomic E-state index is 12.9. The molecule has 0 saturated carbocycles. The summed E-state index contributed by atoms with van der Waals surface area (Å²) in [5, 5.41) is 12.8. The number of aromatic nitrogens is 2. The predicted octanol–water partition coefficient (Wildman–Crippen LogP) is 4.36. The molecular weight excluding hydrogens is 456 g/mol. The third kappa shape index (κ3) is 6.76. The Bertz CT molecular complexity index is 1070. The van der Waals surface area contributed by atoms with Gasteiger partial charge in [0.05, 0.1) is 11.3 Å². The third-order valence-corrected chi connectivity index (χ3v) is 5.78. The molecule has 162 valence electrons. The number of carbonyl (C=O) groups is 2.